The molecule has 0 aromatic carbocycles. The van der Waals surface area contributed by atoms with Crippen molar-refractivity contribution in [1.29, 1.82) is 0 Å². The molecule has 0 atom stereocenters. The molecule has 0 heterocycles. The third-order valence-electron chi connectivity index (χ3n) is 1.25. The van der Waals surface area contributed by atoms with Gasteiger partial charge in [0.05, 0.1) is 26.4 Å². The Morgan fingerprint density at radius 2 is 1.58 bits per heavy atom. The van der Waals surface area contributed by atoms with E-state index in [0.29, 0.717) is 19.8 Å². The second kappa shape index (κ2) is 14.5. The van der Waals surface area contributed by atoms with Crippen molar-refractivity contribution in [3.63, 3.8) is 0 Å². The van der Waals surface area contributed by atoms with Crippen LogP contribution in [0.4, 0.5) is 0 Å². The molecule has 1 N–H and O–H groups in total. The largest absolute Gasteiger partial charge is 0.394 e. The minimum atomic E-state index is 0. The van der Waals surface area contributed by atoms with Gasteiger partial charge in [-0.3, -0.25) is 0 Å². The maximum absolute atomic E-state index is 8.34. The second-order valence-electron chi connectivity index (χ2n) is 2.30. The van der Waals surface area contributed by atoms with Crippen LogP contribution in [0.2, 0.25) is 0 Å². The molecule has 0 amide bonds. The number of aliphatic hydroxyl groups excluding tert-OH is 1. The topological polar surface area (TPSA) is 38.7 Å². The third kappa shape index (κ3) is 13.6. The van der Waals surface area contributed by atoms with Crippen LogP contribution in [0.25, 0.3) is 0 Å². The summed E-state index contributed by atoms with van der Waals surface area (Å²) in [6.45, 7) is 4.68. The Morgan fingerprint density at radius 1 is 1.00 bits per heavy atom. The second-order valence-corrected chi connectivity index (χ2v) is 2.30. The van der Waals surface area contributed by atoms with E-state index in [1.165, 1.54) is 0 Å². The van der Waals surface area contributed by atoms with Gasteiger partial charge in [-0.25, -0.2) is 0 Å². The summed E-state index contributed by atoms with van der Waals surface area (Å²) < 4.78 is 10.2. The van der Waals surface area contributed by atoms with Gasteiger partial charge < -0.3 is 14.6 Å². The van der Waals surface area contributed by atoms with Crippen LogP contribution < -0.4 is 0 Å². The van der Waals surface area contributed by atoms with E-state index < -0.39 is 0 Å². The standard InChI is InChI=1S/C8H18O3.Y/c1-2-3-5-10-7-8-11-6-4-9;/h9H,2-8H2,1H3;. The van der Waals surface area contributed by atoms with E-state index in [-0.39, 0.29) is 39.3 Å². The van der Waals surface area contributed by atoms with Crippen LogP contribution >= 0.6 is 0 Å². The number of unbranched alkanes of at least 4 members (excludes halogenated alkanes) is 1. The molecule has 0 aliphatic rings. The molecular weight excluding hydrogens is 233 g/mol. The van der Waals surface area contributed by atoms with Crippen molar-refractivity contribution in [1.82, 2.24) is 0 Å². The average molecular weight is 251 g/mol. The number of ether oxygens (including phenoxy) is 2. The van der Waals surface area contributed by atoms with Crippen LogP contribution in [0.3, 0.4) is 0 Å². The maximum atomic E-state index is 8.34. The number of aliphatic hydroxyl groups is 1. The molecule has 0 aliphatic carbocycles. The summed E-state index contributed by atoms with van der Waals surface area (Å²) >= 11 is 0. The Morgan fingerprint density at radius 3 is 2.08 bits per heavy atom. The van der Waals surface area contributed by atoms with E-state index >= 15 is 0 Å². The SMILES string of the molecule is CCCCOCCOCCO.[Y]. The fourth-order valence-corrected chi connectivity index (χ4v) is 0.633. The van der Waals surface area contributed by atoms with E-state index in [1.54, 1.807) is 0 Å². The Hall–Kier alpha value is 0.984. The summed E-state index contributed by atoms with van der Waals surface area (Å²) in [5, 5.41) is 8.34. The molecule has 0 bridgehead atoms. The number of hydrogen-bond donors (Lipinski definition) is 1. The molecule has 0 spiro atoms. The molecule has 1 radical (unpaired) electrons. The van der Waals surface area contributed by atoms with Crippen molar-refractivity contribution in [3.05, 3.63) is 0 Å². The Labute approximate surface area is 99.7 Å². The van der Waals surface area contributed by atoms with Crippen LogP contribution in [0.5, 0.6) is 0 Å². The van der Waals surface area contributed by atoms with Gasteiger partial charge in [-0.15, -0.1) is 0 Å². The summed E-state index contributed by atoms with van der Waals surface area (Å²) in [5.74, 6) is 0. The Balaban J connectivity index is 0. The van der Waals surface area contributed by atoms with E-state index in [9.17, 15) is 0 Å². The quantitative estimate of drug-likeness (QED) is 0.649. The van der Waals surface area contributed by atoms with Gasteiger partial charge in [-0.1, -0.05) is 13.3 Å². The number of hydrogen-bond acceptors (Lipinski definition) is 3. The van der Waals surface area contributed by atoms with Gasteiger partial charge in [-0.2, -0.15) is 0 Å². The molecule has 0 aromatic heterocycles. The van der Waals surface area contributed by atoms with Crippen molar-refractivity contribution in [2.75, 3.05) is 33.0 Å². The molecule has 0 rings (SSSR count). The molecule has 3 nitrogen and oxygen atoms in total. The summed E-state index contributed by atoms with van der Waals surface area (Å²) in [6, 6.07) is 0. The van der Waals surface area contributed by atoms with Crippen LogP contribution in [0, 0.1) is 0 Å². The third-order valence-corrected chi connectivity index (χ3v) is 1.25. The van der Waals surface area contributed by atoms with E-state index in [2.05, 4.69) is 6.92 Å². The molecule has 0 unspecified atom stereocenters. The van der Waals surface area contributed by atoms with Crippen LogP contribution in [0.1, 0.15) is 19.8 Å². The van der Waals surface area contributed by atoms with Gasteiger partial charge in [0.1, 0.15) is 0 Å². The Bertz CT molecular complexity index is 63.3. The fourth-order valence-electron chi connectivity index (χ4n) is 0.633. The van der Waals surface area contributed by atoms with Gasteiger partial charge in [0, 0.05) is 39.3 Å². The first-order valence-corrected chi connectivity index (χ1v) is 4.18. The van der Waals surface area contributed by atoms with Crippen LogP contribution in [-0.2, 0) is 42.2 Å². The minimum absolute atomic E-state index is 0. The molecule has 71 valence electrons. The summed E-state index contributed by atoms with van der Waals surface area (Å²) in [4.78, 5) is 0. The van der Waals surface area contributed by atoms with Crippen molar-refractivity contribution in [2.24, 2.45) is 0 Å². The molecule has 0 fully saturated rings. The van der Waals surface area contributed by atoms with E-state index in [1.807, 2.05) is 0 Å². The van der Waals surface area contributed by atoms with Gasteiger partial charge in [0.2, 0.25) is 0 Å². The summed E-state index contributed by atoms with van der Waals surface area (Å²) in [5.41, 5.74) is 0. The zero-order valence-electron chi connectivity index (χ0n) is 7.79. The van der Waals surface area contributed by atoms with Crippen molar-refractivity contribution < 1.29 is 47.3 Å². The molecule has 0 aliphatic heterocycles. The molecule has 0 saturated carbocycles. The zero-order chi connectivity index (χ0) is 8.36. The first-order chi connectivity index (χ1) is 5.41. The zero-order valence-corrected chi connectivity index (χ0v) is 10.6. The van der Waals surface area contributed by atoms with Crippen molar-refractivity contribution in [3.8, 4) is 0 Å². The maximum Gasteiger partial charge on any atom is 0.0701 e. The number of rotatable bonds is 8. The van der Waals surface area contributed by atoms with E-state index in [4.69, 9.17) is 14.6 Å². The van der Waals surface area contributed by atoms with Gasteiger partial charge >= 0.3 is 0 Å². The van der Waals surface area contributed by atoms with Crippen molar-refractivity contribution >= 4 is 0 Å². The molecule has 12 heavy (non-hydrogen) atoms. The van der Waals surface area contributed by atoms with Crippen molar-refractivity contribution in [2.45, 2.75) is 19.8 Å². The Kier molecular flexibility index (Phi) is 18.7. The smallest absolute Gasteiger partial charge is 0.0701 e. The predicted molar refractivity (Wildman–Crippen MR) is 43.6 cm³/mol. The van der Waals surface area contributed by atoms with Gasteiger partial charge in [0.15, 0.2) is 0 Å². The average Bonchev–Trinajstić information content (AvgIpc) is 2.03. The first kappa shape index (κ1) is 15.5. The van der Waals surface area contributed by atoms with Crippen LogP contribution in [-0.4, -0.2) is 38.1 Å². The normalized spacial score (nSPS) is 9.50. The first-order valence-electron chi connectivity index (χ1n) is 4.18. The van der Waals surface area contributed by atoms with Crippen LogP contribution in [0.15, 0.2) is 0 Å². The predicted octanol–water partition coefficient (Wildman–Crippen LogP) is 0.810. The molecule has 0 saturated heterocycles. The van der Waals surface area contributed by atoms with Gasteiger partial charge in [-0.05, 0) is 6.42 Å². The molecular formula is C8H18O3Y. The fraction of sp³-hybridized carbons (Fsp3) is 1.00. The summed E-state index contributed by atoms with van der Waals surface area (Å²) in [6.07, 6.45) is 2.28. The molecule has 4 heteroatoms. The molecule has 0 aromatic rings. The minimum Gasteiger partial charge on any atom is -0.394 e. The van der Waals surface area contributed by atoms with E-state index in [0.717, 1.165) is 19.4 Å². The monoisotopic (exact) mass is 251 g/mol. The van der Waals surface area contributed by atoms with Gasteiger partial charge in [0.25, 0.3) is 0 Å². The summed E-state index contributed by atoms with van der Waals surface area (Å²) in [7, 11) is 0.